The first kappa shape index (κ1) is 21.9. The van der Waals surface area contributed by atoms with Crippen molar-refractivity contribution in [3.8, 4) is 5.75 Å². The van der Waals surface area contributed by atoms with E-state index in [4.69, 9.17) is 22.1 Å². The number of rotatable bonds is 8. The van der Waals surface area contributed by atoms with Gasteiger partial charge in [0.2, 0.25) is 5.91 Å². The number of aryl methyl sites for hydroxylation is 1. The van der Waals surface area contributed by atoms with Gasteiger partial charge in [-0.1, -0.05) is 23.4 Å². The molecule has 0 spiro atoms. The van der Waals surface area contributed by atoms with Crippen LogP contribution >= 0.6 is 23.4 Å². The number of carbonyl (C=O) groups excluding carboxylic acids is 1. The molecule has 160 valence electrons. The molecule has 1 atom stereocenters. The van der Waals surface area contributed by atoms with Gasteiger partial charge in [0.25, 0.3) is 5.56 Å². The minimum Gasteiger partial charge on any atom is -0.491 e. The fourth-order valence-corrected chi connectivity index (χ4v) is 3.70. The molecule has 3 rings (SSSR count). The maximum absolute atomic E-state index is 12.7. The molecule has 3 aromatic rings. The van der Waals surface area contributed by atoms with Crippen LogP contribution in [0.3, 0.4) is 0 Å². The predicted molar refractivity (Wildman–Crippen MR) is 113 cm³/mol. The number of fused-ring (bicyclic) bond motifs is 1. The van der Waals surface area contributed by atoms with Gasteiger partial charge in [0.05, 0.1) is 12.3 Å². The SMILES string of the molecule is Cn1c(=O)c2c(nc(SCC(N)=O)n2CC(O)COc2ccc(Cl)cc2)n(C)c1=O. The number of halogens is 1. The molecule has 3 N–H and O–H groups in total. The summed E-state index contributed by atoms with van der Waals surface area (Å²) in [6.07, 6.45) is -1.01. The van der Waals surface area contributed by atoms with Crippen LogP contribution in [0.4, 0.5) is 0 Å². The number of amides is 1. The van der Waals surface area contributed by atoms with Crippen molar-refractivity contribution >= 4 is 40.4 Å². The summed E-state index contributed by atoms with van der Waals surface area (Å²) in [5, 5.41) is 11.3. The second-order valence-electron chi connectivity index (χ2n) is 6.56. The lowest BCUT2D eigenvalue weighted by Crippen LogP contribution is -2.38. The number of aliphatic hydroxyl groups is 1. The predicted octanol–water partition coefficient (Wildman–Crippen LogP) is 0.104. The minimum atomic E-state index is -1.01. The van der Waals surface area contributed by atoms with Crippen LogP contribution < -0.4 is 21.7 Å². The number of hydrogen-bond acceptors (Lipinski definition) is 7. The van der Waals surface area contributed by atoms with Crippen molar-refractivity contribution in [2.75, 3.05) is 12.4 Å². The van der Waals surface area contributed by atoms with E-state index in [1.165, 1.54) is 23.2 Å². The average molecular weight is 454 g/mol. The summed E-state index contributed by atoms with van der Waals surface area (Å²) in [7, 11) is 2.85. The van der Waals surface area contributed by atoms with Gasteiger partial charge in [-0.25, -0.2) is 9.78 Å². The molecule has 0 bridgehead atoms. The maximum Gasteiger partial charge on any atom is 0.332 e. The topological polar surface area (TPSA) is 134 Å². The Balaban J connectivity index is 1.94. The smallest absolute Gasteiger partial charge is 0.332 e. The first-order valence-corrected chi connectivity index (χ1v) is 10.2. The number of primary amides is 1. The standard InChI is InChI=1S/C18H20ClN5O5S/c1-22-15-14(16(27)23(2)18(22)28)24(17(21-15)30-9-13(20)26)7-11(25)8-29-12-5-3-10(19)4-6-12/h3-6,11,25H,7-9H2,1-2H3,(H2,20,26). The molecule has 12 heteroatoms. The fraction of sp³-hybridized carbons (Fsp3) is 0.333. The first-order chi connectivity index (χ1) is 14.2. The molecular formula is C18H20ClN5O5S. The second kappa shape index (κ2) is 8.94. The van der Waals surface area contributed by atoms with Crippen molar-refractivity contribution in [1.29, 1.82) is 0 Å². The Bertz CT molecular complexity index is 1200. The lowest BCUT2D eigenvalue weighted by atomic mass is 10.3. The van der Waals surface area contributed by atoms with Crippen LogP contribution in [0.15, 0.2) is 39.0 Å². The summed E-state index contributed by atoms with van der Waals surface area (Å²) in [5.41, 5.74) is 4.42. The Hall–Kier alpha value is -2.76. The van der Waals surface area contributed by atoms with Crippen LogP contribution in [0.5, 0.6) is 5.75 Å². The number of nitrogens with two attached hydrogens (primary N) is 1. The number of thioether (sulfide) groups is 1. The Labute approximate surface area is 179 Å². The lowest BCUT2D eigenvalue weighted by molar-refractivity contribution is -0.115. The van der Waals surface area contributed by atoms with Crippen molar-refractivity contribution in [3.05, 3.63) is 50.1 Å². The van der Waals surface area contributed by atoms with Gasteiger partial charge in [-0.15, -0.1) is 0 Å². The van der Waals surface area contributed by atoms with Crippen molar-refractivity contribution in [2.24, 2.45) is 19.8 Å². The quantitative estimate of drug-likeness (QED) is 0.462. The van der Waals surface area contributed by atoms with Gasteiger partial charge < -0.3 is 20.1 Å². The normalized spacial score (nSPS) is 12.3. The largest absolute Gasteiger partial charge is 0.491 e. The molecule has 1 amide bonds. The molecule has 2 aromatic heterocycles. The molecule has 0 saturated heterocycles. The summed E-state index contributed by atoms with van der Waals surface area (Å²) in [5.74, 6) is -0.114. The zero-order valence-corrected chi connectivity index (χ0v) is 17.8. The van der Waals surface area contributed by atoms with Crippen LogP contribution in [0, 0.1) is 0 Å². The number of carbonyl (C=O) groups is 1. The number of aromatic nitrogens is 4. The van der Waals surface area contributed by atoms with Gasteiger partial charge in [-0.3, -0.25) is 18.7 Å². The van der Waals surface area contributed by atoms with Crippen LogP contribution in [-0.4, -0.2) is 48.2 Å². The fourth-order valence-electron chi connectivity index (χ4n) is 2.83. The van der Waals surface area contributed by atoms with Crippen molar-refractivity contribution in [3.63, 3.8) is 0 Å². The van der Waals surface area contributed by atoms with Gasteiger partial charge in [0.15, 0.2) is 16.3 Å². The number of benzene rings is 1. The van der Waals surface area contributed by atoms with E-state index in [-0.39, 0.29) is 35.2 Å². The van der Waals surface area contributed by atoms with Gasteiger partial charge in [0, 0.05) is 19.1 Å². The molecule has 30 heavy (non-hydrogen) atoms. The molecule has 1 unspecified atom stereocenters. The second-order valence-corrected chi connectivity index (χ2v) is 7.94. The lowest BCUT2D eigenvalue weighted by Gasteiger charge is -2.15. The third kappa shape index (κ3) is 4.53. The van der Waals surface area contributed by atoms with E-state index >= 15 is 0 Å². The van der Waals surface area contributed by atoms with E-state index in [0.29, 0.717) is 10.8 Å². The molecule has 0 aliphatic heterocycles. The number of imidazole rings is 1. The Kier molecular flexibility index (Phi) is 6.54. The van der Waals surface area contributed by atoms with Gasteiger partial charge in [-0.2, -0.15) is 0 Å². The molecule has 0 saturated carbocycles. The molecule has 0 aliphatic rings. The molecule has 0 aliphatic carbocycles. The highest BCUT2D eigenvalue weighted by Gasteiger charge is 2.22. The van der Waals surface area contributed by atoms with E-state index in [0.717, 1.165) is 16.3 Å². The molecule has 1 aromatic carbocycles. The molecule has 0 fully saturated rings. The van der Waals surface area contributed by atoms with E-state index in [1.807, 2.05) is 0 Å². The first-order valence-electron chi connectivity index (χ1n) is 8.82. The number of hydrogen-bond donors (Lipinski definition) is 2. The third-order valence-corrected chi connectivity index (χ3v) is 5.56. The average Bonchev–Trinajstić information content (AvgIpc) is 3.07. The molecule has 0 radical (unpaired) electrons. The van der Waals surface area contributed by atoms with E-state index in [9.17, 15) is 19.5 Å². The molecule has 2 heterocycles. The molecular weight excluding hydrogens is 434 g/mol. The molecule has 10 nitrogen and oxygen atoms in total. The van der Waals surface area contributed by atoms with Crippen LogP contribution in [0.25, 0.3) is 11.2 Å². The minimum absolute atomic E-state index is 0.0430. The summed E-state index contributed by atoms with van der Waals surface area (Å²) in [4.78, 5) is 40.5. The Morgan fingerprint density at radius 3 is 2.57 bits per heavy atom. The van der Waals surface area contributed by atoms with Gasteiger partial charge >= 0.3 is 5.69 Å². The summed E-state index contributed by atoms with van der Waals surface area (Å²) in [6, 6.07) is 6.66. The van der Waals surface area contributed by atoms with Crippen LogP contribution in [0.2, 0.25) is 5.02 Å². The Morgan fingerprint density at radius 1 is 1.27 bits per heavy atom. The van der Waals surface area contributed by atoms with Crippen LogP contribution in [-0.2, 0) is 25.4 Å². The number of ether oxygens (including phenoxy) is 1. The summed E-state index contributed by atoms with van der Waals surface area (Å²) in [6.45, 7) is -0.105. The van der Waals surface area contributed by atoms with Gasteiger partial charge in [0.1, 0.15) is 18.5 Å². The highest BCUT2D eigenvalue weighted by Crippen LogP contribution is 2.22. The monoisotopic (exact) mass is 453 g/mol. The van der Waals surface area contributed by atoms with E-state index < -0.39 is 23.3 Å². The van der Waals surface area contributed by atoms with Crippen molar-refractivity contribution in [2.45, 2.75) is 17.8 Å². The Morgan fingerprint density at radius 2 is 1.93 bits per heavy atom. The zero-order chi connectivity index (χ0) is 22.0. The number of aliphatic hydroxyl groups excluding tert-OH is 1. The zero-order valence-electron chi connectivity index (χ0n) is 16.2. The van der Waals surface area contributed by atoms with Crippen molar-refractivity contribution < 1.29 is 14.6 Å². The number of nitrogens with zero attached hydrogens (tertiary/aromatic N) is 4. The van der Waals surface area contributed by atoms with Gasteiger partial charge in [-0.05, 0) is 24.3 Å². The summed E-state index contributed by atoms with van der Waals surface area (Å²) < 4.78 is 9.22. The van der Waals surface area contributed by atoms with Crippen LogP contribution in [0.1, 0.15) is 0 Å². The third-order valence-electron chi connectivity index (χ3n) is 4.31. The van der Waals surface area contributed by atoms with Crippen molar-refractivity contribution in [1.82, 2.24) is 18.7 Å². The maximum atomic E-state index is 12.7. The van der Waals surface area contributed by atoms with E-state index in [1.54, 1.807) is 24.3 Å². The van der Waals surface area contributed by atoms with E-state index in [2.05, 4.69) is 4.98 Å². The summed E-state index contributed by atoms with van der Waals surface area (Å²) >= 11 is 6.85. The highest BCUT2D eigenvalue weighted by molar-refractivity contribution is 7.99. The highest BCUT2D eigenvalue weighted by atomic mass is 35.5.